The highest BCUT2D eigenvalue weighted by Crippen LogP contribution is 2.29. The summed E-state index contributed by atoms with van der Waals surface area (Å²) in [6, 6.07) is 6.10. The van der Waals surface area contributed by atoms with Gasteiger partial charge in [0.1, 0.15) is 0 Å². The maximum absolute atomic E-state index is 12.8. The van der Waals surface area contributed by atoms with Crippen LogP contribution in [0, 0.1) is 19.8 Å². The second kappa shape index (κ2) is 6.93. The molecule has 0 aliphatic carbocycles. The Hall–Kier alpha value is -1.88. The Morgan fingerprint density at radius 1 is 1.17 bits per heavy atom. The fourth-order valence-electron chi connectivity index (χ4n) is 3.76. The second-order valence-electron chi connectivity index (χ2n) is 6.95. The van der Waals surface area contributed by atoms with Crippen LogP contribution in [0.5, 0.6) is 0 Å². The summed E-state index contributed by atoms with van der Waals surface area (Å²) in [4.78, 5) is 31.3. The van der Waals surface area contributed by atoms with Gasteiger partial charge >= 0.3 is 0 Å². The fraction of sp³-hybridized carbons (Fsp3) is 0.579. The second-order valence-corrected chi connectivity index (χ2v) is 6.95. The van der Waals surface area contributed by atoms with Crippen molar-refractivity contribution in [1.82, 2.24) is 9.80 Å². The first kappa shape index (κ1) is 17.0. The van der Waals surface area contributed by atoms with E-state index in [2.05, 4.69) is 17.9 Å². The van der Waals surface area contributed by atoms with Gasteiger partial charge < -0.3 is 14.7 Å². The molecule has 2 aliphatic heterocycles. The molecule has 0 bridgehead atoms. The van der Waals surface area contributed by atoms with E-state index in [-0.39, 0.29) is 17.7 Å². The van der Waals surface area contributed by atoms with Crippen molar-refractivity contribution in [2.75, 3.05) is 44.2 Å². The number of hydrogen-bond donors (Lipinski definition) is 0. The largest absolute Gasteiger partial charge is 0.340 e. The summed E-state index contributed by atoms with van der Waals surface area (Å²) < 4.78 is 0. The Labute approximate surface area is 144 Å². The molecule has 1 atom stereocenters. The third kappa shape index (κ3) is 3.31. The smallest absolute Gasteiger partial charge is 0.228 e. The van der Waals surface area contributed by atoms with Crippen molar-refractivity contribution in [1.29, 1.82) is 0 Å². The highest BCUT2D eigenvalue weighted by molar-refractivity contribution is 6.00. The molecule has 5 heteroatoms. The summed E-state index contributed by atoms with van der Waals surface area (Å²) in [5.74, 6) is 0.00486. The van der Waals surface area contributed by atoms with Crippen LogP contribution in [0.2, 0.25) is 0 Å². The van der Waals surface area contributed by atoms with Crippen molar-refractivity contribution in [3.05, 3.63) is 29.3 Å². The van der Waals surface area contributed by atoms with Crippen molar-refractivity contribution < 1.29 is 9.59 Å². The maximum atomic E-state index is 12.8. The van der Waals surface area contributed by atoms with Crippen LogP contribution in [-0.2, 0) is 9.59 Å². The van der Waals surface area contributed by atoms with Crippen molar-refractivity contribution >= 4 is 17.5 Å². The van der Waals surface area contributed by atoms with Gasteiger partial charge in [-0.3, -0.25) is 9.59 Å². The monoisotopic (exact) mass is 329 g/mol. The van der Waals surface area contributed by atoms with E-state index in [9.17, 15) is 9.59 Å². The van der Waals surface area contributed by atoms with Gasteiger partial charge in [-0.15, -0.1) is 0 Å². The summed E-state index contributed by atoms with van der Waals surface area (Å²) >= 11 is 0. The minimum absolute atomic E-state index is 0.0625. The molecule has 0 N–H and O–H groups in total. The molecule has 2 fully saturated rings. The number of anilines is 1. The van der Waals surface area contributed by atoms with Crippen LogP contribution in [0.1, 0.15) is 24.5 Å². The summed E-state index contributed by atoms with van der Waals surface area (Å²) in [7, 11) is 0. The number of rotatable bonds is 3. The Morgan fingerprint density at radius 3 is 2.50 bits per heavy atom. The van der Waals surface area contributed by atoms with Crippen LogP contribution in [0.15, 0.2) is 18.2 Å². The molecule has 130 valence electrons. The van der Waals surface area contributed by atoms with Gasteiger partial charge in [-0.25, -0.2) is 0 Å². The predicted octanol–water partition coefficient (Wildman–Crippen LogP) is 1.82. The first-order valence-electron chi connectivity index (χ1n) is 8.88. The number of nitrogens with zero attached hydrogens (tertiary/aromatic N) is 3. The van der Waals surface area contributed by atoms with Crippen LogP contribution in [0.3, 0.4) is 0 Å². The van der Waals surface area contributed by atoms with Crippen LogP contribution in [-0.4, -0.2) is 60.9 Å². The van der Waals surface area contributed by atoms with E-state index in [0.717, 1.165) is 44.0 Å². The van der Waals surface area contributed by atoms with Crippen LogP contribution >= 0.6 is 0 Å². The first-order valence-corrected chi connectivity index (χ1v) is 8.88. The zero-order valence-electron chi connectivity index (χ0n) is 14.9. The predicted molar refractivity (Wildman–Crippen MR) is 95.1 cm³/mol. The molecular formula is C19H27N3O2. The molecule has 0 unspecified atom stereocenters. The van der Waals surface area contributed by atoms with E-state index >= 15 is 0 Å². The topological polar surface area (TPSA) is 43.9 Å². The molecule has 2 saturated heterocycles. The van der Waals surface area contributed by atoms with Crippen LogP contribution < -0.4 is 4.90 Å². The number of hydrogen-bond acceptors (Lipinski definition) is 3. The summed E-state index contributed by atoms with van der Waals surface area (Å²) in [5.41, 5.74) is 3.22. The number of aryl methyl sites for hydroxylation is 2. The normalized spacial score (nSPS) is 22.3. The maximum Gasteiger partial charge on any atom is 0.228 e. The number of carbonyl (C=O) groups is 2. The third-order valence-corrected chi connectivity index (χ3v) is 5.25. The van der Waals surface area contributed by atoms with Crippen molar-refractivity contribution in [2.45, 2.75) is 27.2 Å². The SMILES string of the molecule is CCN1CCN(C(=O)[C@@H]2CC(=O)N(c3ccc(C)cc3C)C2)CC1. The summed E-state index contributed by atoms with van der Waals surface area (Å²) in [6.45, 7) is 11.2. The van der Waals surface area contributed by atoms with E-state index in [1.807, 2.05) is 30.9 Å². The van der Waals surface area contributed by atoms with E-state index in [4.69, 9.17) is 0 Å². The highest BCUT2D eigenvalue weighted by atomic mass is 16.2. The molecule has 0 saturated carbocycles. The molecule has 2 amide bonds. The van der Waals surface area contributed by atoms with E-state index < -0.39 is 0 Å². The van der Waals surface area contributed by atoms with E-state index in [1.54, 1.807) is 4.90 Å². The molecule has 24 heavy (non-hydrogen) atoms. The molecule has 3 rings (SSSR count). The average Bonchev–Trinajstić information content (AvgIpc) is 2.96. The van der Waals surface area contributed by atoms with Crippen molar-refractivity contribution in [3.63, 3.8) is 0 Å². The Balaban J connectivity index is 1.67. The first-order chi connectivity index (χ1) is 11.5. The number of piperazine rings is 1. The van der Waals surface area contributed by atoms with Gasteiger partial charge in [-0.1, -0.05) is 24.6 Å². The zero-order chi connectivity index (χ0) is 17.3. The quantitative estimate of drug-likeness (QED) is 0.850. The molecule has 5 nitrogen and oxygen atoms in total. The minimum Gasteiger partial charge on any atom is -0.340 e. The fourth-order valence-corrected chi connectivity index (χ4v) is 3.76. The lowest BCUT2D eigenvalue weighted by Gasteiger charge is -2.35. The van der Waals surface area contributed by atoms with Gasteiger partial charge in [0.05, 0.1) is 5.92 Å². The van der Waals surface area contributed by atoms with Gasteiger partial charge in [-0.05, 0) is 32.0 Å². The Kier molecular flexibility index (Phi) is 4.90. The number of amides is 2. The minimum atomic E-state index is -0.202. The van der Waals surface area contributed by atoms with Gasteiger partial charge in [0.2, 0.25) is 11.8 Å². The molecule has 2 heterocycles. The number of likely N-dealkylation sites (N-methyl/N-ethyl adjacent to an activating group) is 1. The van der Waals surface area contributed by atoms with Crippen LogP contribution in [0.25, 0.3) is 0 Å². The lowest BCUT2D eigenvalue weighted by Crippen LogP contribution is -2.50. The summed E-state index contributed by atoms with van der Waals surface area (Å²) in [6.07, 6.45) is 0.333. The Bertz CT molecular complexity index is 635. The zero-order valence-corrected chi connectivity index (χ0v) is 14.9. The molecule has 0 aromatic heterocycles. The lowest BCUT2D eigenvalue weighted by molar-refractivity contribution is -0.137. The van der Waals surface area contributed by atoms with E-state index in [1.165, 1.54) is 5.56 Å². The van der Waals surface area contributed by atoms with Gasteiger partial charge in [0.25, 0.3) is 0 Å². The van der Waals surface area contributed by atoms with Crippen LogP contribution in [0.4, 0.5) is 5.69 Å². The molecule has 1 aromatic rings. The van der Waals surface area contributed by atoms with Crippen molar-refractivity contribution in [3.8, 4) is 0 Å². The number of carbonyl (C=O) groups excluding carboxylic acids is 2. The highest BCUT2D eigenvalue weighted by Gasteiger charge is 2.38. The van der Waals surface area contributed by atoms with Gasteiger partial charge in [-0.2, -0.15) is 0 Å². The summed E-state index contributed by atoms with van der Waals surface area (Å²) in [5, 5.41) is 0. The molecule has 2 aliphatic rings. The molecular weight excluding hydrogens is 302 g/mol. The Morgan fingerprint density at radius 2 is 1.88 bits per heavy atom. The van der Waals surface area contributed by atoms with Gasteiger partial charge in [0, 0.05) is 44.8 Å². The average molecular weight is 329 g/mol. The third-order valence-electron chi connectivity index (χ3n) is 5.25. The standard InChI is InChI=1S/C19H27N3O2/c1-4-20-7-9-21(10-8-20)19(24)16-12-18(23)22(13-16)17-6-5-14(2)11-15(17)3/h5-6,11,16H,4,7-10,12-13H2,1-3H3/t16-/m1/s1. The molecule has 1 aromatic carbocycles. The van der Waals surface area contributed by atoms with Crippen molar-refractivity contribution in [2.24, 2.45) is 5.92 Å². The van der Waals surface area contributed by atoms with E-state index in [0.29, 0.717) is 13.0 Å². The number of benzene rings is 1. The van der Waals surface area contributed by atoms with Gasteiger partial charge in [0.15, 0.2) is 0 Å². The lowest BCUT2D eigenvalue weighted by atomic mass is 10.1. The molecule has 0 radical (unpaired) electrons. The molecule has 0 spiro atoms.